The van der Waals surface area contributed by atoms with Crippen molar-refractivity contribution in [2.75, 3.05) is 0 Å². The first-order valence-corrected chi connectivity index (χ1v) is 8.06. The highest BCUT2D eigenvalue weighted by Gasteiger charge is 2.16. The molecule has 21 heavy (non-hydrogen) atoms. The number of H-pyrrole nitrogens is 1. The summed E-state index contributed by atoms with van der Waals surface area (Å²) in [6, 6.07) is 7.96. The lowest BCUT2D eigenvalue weighted by molar-refractivity contribution is -0.120. The summed E-state index contributed by atoms with van der Waals surface area (Å²) in [5.74, 6) is 0.594. The van der Waals surface area contributed by atoms with Crippen LogP contribution in [0.5, 0.6) is 0 Å². The van der Waals surface area contributed by atoms with E-state index in [4.69, 9.17) is 0 Å². The summed E-state index contributed by atoms with van der Waals surface area (Å²) in [5.41, 5.74) is 0.972. The average Bonchev–Trinajstić information content (AvgIpc) is 3.13. The summed E-state index contributed by atoms with van der Waals surface area (Å²) in [5, 5.41) is 9.05. The maximum atomic E-state index is 12.0. The van der Waals surface area contributed by atoms with E-state index in [0.29, 0.717) is 12.4 Å². The van der Waals surface area contributed by atoms with E-state index in [1.165, 1.54) is 18.1 Å². The number of rotatable bonds is 5. The van der Waals surface area contributed by atoms with Crippen LogP contribution in [0.15, 0.2) is 34.9 Å². The minimum absolute atomic E-state index is 0.0457. The van der Waals surface area contributed by atoms with Crippen molar-refractivity contribution in [2.45, 2.75) is 23.1 Å². The van der Waals surface area contributed by atoms with Gasteiger partial charge >= 0.3 is 0 Å². The molecule has 0 unspecified atom stereocenters. The number of hydrogen-bond acceptors (Lipinski definition) is 6. The molecule has 1 amide bonds. The SMILES string of the molecule is C[C@@H](Sc1nc2ccccc2s1)C(=O)NCc1ncn[nH]1. The van der Waals surface area contributed by atoms with Crippen LogP contribution in [-0.2, 0) is 11.3 Å². The van der Waals surface area contributed by atoms with Crippen molar-refractivity contribution >= 4 is 39.2 Å². The van der Waals surface area contributed by atoms with Crippen molar-refractivity contribution in [3.63, 3.8) is 0 Å². The smallest absolute Gasteiger partial charge is 0.233 e. The molecule has 0 saturated carbocycles. The van der Waals surface area contributed by atoms with Crippen LogP contribution in [0.4, 0.5) is 0 Å². The number of fused-ring (bicyclic) bond motifs is 1. The Balaban J connectivity index is 1.59. The van der Waals surface area contributed by atoms with Crippen molar-refractivity contribution in [3.8, 4) is 0 Å². The van der Waals surface area contributed by atoms with Crippen LogP contribution >= 0.6 is 23.1 Å². The first-order chi connectivity index (χ1) is 10.2. The largest absolute Gasteiger partial charge is 0.348 e. The van der Waals surface area contributed by atoms with Gasteiger partial charge in [0.05, 0.1) is 22.0 Å². The van der Waals surface area contributed by atoms with Crippen molar-refractivity contribution in [3.05, 3.63) is 36.4 Å². The Hall–Kier alpha value is -1.93. The number of aromatic amines is 1. The molecule has 0 aliphatic carbocycles. The Kier molecular flexibility index (Phi) is 4.16. The summed E-state index contributed by atoms with van der Waals surface area (Å²) in [4.78, 5) is 20.5. The maximum absolute atomic E-state index is 12.0. The predicted octanol–water partition coefficient (Wildman–Crippen LogP) is 2.21. The fraction of sp³-hybridized carbons (Fsp3) is 0.231. The van der Waals surface area contributed by atoms with Gasteiger partial charge in [0.25, 0.3) is 0 Å². The van der Waals surface area contributed by atoms with Crippen LogP contribution < -0.4 is 5.32 Å². The summed E-state index contributed by atoms with van der Waals surface area (Å²) in [6.07, 6.45) is 1.42. The molecule has 3 rings (SSSR count). The van der Waals surface area contributed by atoms with Gasteiger partial charge in [-0.3, -0.25) is 9.89 Å². The van der Waals surface area contributed by atoms with Gasteiger partial charge in [-0.1, -0.05) is 23.9 Å². The lowest BCUT2D eigenvalue weighted by Gasteiger charge is -2.08. The average molecular weight is 319 g/mol. The number of para-hydroxylation sites is 1. The topological polar surface area (TPSA) is 83.6 Å². The van der Waals surface area contributed by atoms with E-state index in [-0.39, 0.29) is 11.2 Å². The molecule has 0 spiro atoms. The van der Waals surface area contributed by atoms with Gasteiger partial charge in [0.15, 0.2) is 4.34 Å². The van der Waals surface area contributed by atoms with E-state index in [9.17, 15) is 4.79 Å². The van der Waals surface area contributed by atoms with Gasteiger partial charge in [0, 0.05) is 0 Å². The third-order valence-electron chi connectivity index (χ3n) is 2.82. The summed E-state index contributed by atoms with van der Waals surface area (Å²) >= 11 is 3.07. The van der Waals surface area contributed by atoms with Gasteiger partial charge in [-0.25, -0.2) is 9.97 Å². The van der Waals surface area contributed by atoms with Crippen LogP contribution in [0.25, 0.3) is 10.2 Å². The number of carbonyl (C=O) groups excluding carboxylic acids is 1. The summed E-state index contributed by atoms with van der Waals surface area (Å²) in [6.45, 7) is 2.22. The zero-order chi connectivity index (χ0) is 14.7. The van der Waals surface area contributed by atoms with E-state index in [2.05, 4.69) is 25.5 Å². The quantitative estimate of drug-likeness (QED) is 0.705. The normalized spacial score (nSPS) is 12.4. The molecular weight excluding hydrogens is 306 g/mol. The Morgan fingerprint density at radius 3 is 3.10 bits per heavy atom. The molecule has 1 atom stereocenters. The van der Waals surface area contributed by atoms with Crippen molar-refractivity contribution in [2.24, 2.45) is 0 Å². The number of amides is 1. The van der Waals surface area contributed by atoms with Crippen LogP contribution in [-0.4, -0.2) is 31.3 Å². The van der Waals surface area contributed by atoms with E-state index >= 15 is 0 Å². The van der Waals surface area contributed by atoms with Crippen LogP contribution in [0.3, 0.4) is 0 Å². The molecule has 0 aliphatic heterocycles. The van der Waals surface area contributed by atoms with E-state index in [1.807, 2.05) is 31.2 Å². The molecule has 0 aliphatic rings. The van der Waals surface area contributed by atoms with Gasteiger partial charge < -0.3 is 5.32 Å². The maximum Gasteiger partial charge on any atom is 0.233 e. The highest BCUT2D eigenvalue weighted by atomic mass is 32.2. The molecule has 6 nitrogen and oxygen atoms in total. The van der Waals surface area contributed by atoms with Gasteiger partial charge in [0.2, 0.25) is 5.91 Å². The molecular formula is C13H13N5OS2. The number of nitrogens with one attached hydrogen (secondary N) is 2. The first-order valence-electron chi connectivity index (χ1n) is 6.36. The Labute approximate surface area is 129 Å². The van der Waals surface area contributed by atoms with Gasteiger partial charge in [-0.15, -0.1) is 11.3 Å². The molecule has 108 valence electrons. The molecule has 2 aromatic heterocycles. The number of thioether (sulfide) groups is 1. The monoisotopic (exact) mass is 319 g/mol. The standard InChI is InChI=1S/C13H13N5OS2/c1-8(12(19)14-6-11-15-7-16-18-11)20-13-17-9-4-2-3-5-10(9)21-13/h2-5,7-8H,6H2,1H3,(H,14,19)(H,15,16,18)/t8-/m1/s1. The highest BCUT2D eigenvalue weighted by Crippen LogP contribution is 2.31. The van der Waals surface area contributed by atoms with Gasteiger partial charge in [-0.05, 0) is 19.1 Å². The number of aromatic nitrogens is 4. The molecule has 0 radical (unpaired) electrons. The van der Waals surface area contributed by atoms with E-state index < -0.39 is 0 Å². The fourth-order valence-corrected chi connectivity index (χ4v) is 3.97. The van der Waals surface area contributed by atoms with Gasteiger partial charge in [0.1, 0.15) is 12.2 Å². The Morgan fingerprint density at radius 2 is 2.33 bits per heavy atom. The number of hydrogen-bond donors (Lipinski definition) is 2. The lowest BCUT2D eigenvalue weighted by atomic mass is 10.3. The number of carbonyl (C=O) groups is 1. The Bertz CT molecular complexity index is 707. The Morgan fingerprint density at radius 1 is 1.48 bits per heavy atom. The molecule has 0 bridgehead atoms. The molecule has 8 heteroatoms. The van der Waals surface area contributed by atoms with Crippen molar-refractivity contribution in [1.82, 2.24) is 25.5 Å². The molecule has 0 saturated heterocycles. The second-order valence-electron chi connectivity index (χ2n) is 4.36. The summed E-state index contributed by atoms with van der Waals surface area (Å²) in [7, 11) is 0. The second kappa shape index (κ2) is 6.23. The molecule has 2 heterocycles. The van der Waals surface area contributed by atoms with Crippen molar-refractivity contribution in [1.29, 1.82) is 0 Å². The van der Waals surface area contributed by atoms with Crippen LogP contribution in [0, 0.1) is 0 Å². The zero-order valence-corrected chi connectivity index (χ0v) is 12.9. The predicted molar refractivity (Wildman–Crippen MR) is 83.2 cm³/mol. The molecule has 3 aromatic rings. The van der Waals surface area contributed by atoms with E-state index in [0.717, 1.165) is 14.6 Å². The van der Waals surface area contributed by atoms with Crippen LogP contribution in [0.1, 0.15) is 12.7 Å². The number of benzene rings is 1. The second-order valence-corrected chi connectivity index (χ2v) is 6.98. The third-order valence-corrected chi connectivity index (χ3v) is 5.05. The summed E-state index contributed by atoms with van der Waals surface area (Å²) < 4.78 is 2.03. The number of thiazole rings is 1. The van der Waals surface area contributed by atoms with Gasteiger partial charge in [-0.2, -0.15) is 5.10 Å². The van der Waals surface area contributed by atoms with Crippen molar-refractivity contribution < 1.29 is 4.79 Å². The minimum atomic E-state index is -0.214. The number of nitrogens with zero attached hydrogens (tertiary/aromatic N) is 3. The van der Waals surface area contributed by atoms with Crippen LogP contribution in [0.2, 0.25) is 0 Å². The molecule has 2 N–H and O–H groups in total. The molecule has 0 fully saturated rings. The highest BCUT2D eigenvalue weighted by molar-refractivity contribution is 8.02. The lowest BCUT2D eigenvalue weighted by Crippen LogP contribution is -2.30. The third kappa shape index (κ3) is 3.40. The zero-order valence-electron chi connectivity index (χ0n) is 11.2. The first kappa shape index (κ1) is 14.0. The fourth-order valence-electron chi connectivity index (χ4n) is 1.74. The van der Waals surface area contributed by atoms with E-state index in [1.54, 1.807) is 11.3 Å². The minimum Gasteiger partial charge on any atom is -0.348 e. The molecule has 1 aromatic carbocycles.